The summed E-state index contributed by atoms with van der Waals surface area (Å²) in [5.41, 5.74) is 2.20. The number of hydrogen-bond donors (Lipinski definition) is 0. The summed E-state index contributed by atoms with van der Waals surface area (Å²) in [5, 5.41) is 10.5. The van der Waals surface area contributed by atoms with E-state index >= 15 is 0 Å². The molecule has 0 aromatic carbocycles. The molecule has 17 heavy (non-hydrogen) atoms. The van der Waals surface area contributed by atoms with Crippen LogP contribution >= 0.6 is 11.6 Å². The highest BCUT2D eigenvalue weighted by Crippen LogP contribution is 2.27. The first-order valence-electron chi connectivity index (χ1n) is 4.81. The van der Waals surface area contributed by atoms with E-state index in [4.69, 9.17) is 11.6 Å². The Kier molecular flexibility index (Phi) is 3.01. The molecule has 0 N–H and O–H groups in total. The van der Waals surface area contributed by atoms with Gasteiger partial charge in [-0.1, -0.05) is 11.6 Å². The minimum Gasteiger partial charge on any atom is -0.264 e. The zero-order valence-electron chi connectivity index (χ0n) is 8.92. The van der Waals surface area contributed by atoms with Crippen LogP contribution in [0.3, 0.4) is 0 Å². The molecule has 0 atom stereocenters. The lowest BCUT2D eigenvalue weighted by molar-refractivity contribution is -0.385. The molecule has 0 bridgehead atoms. The Morgan fingerprint density at radius 3 is 2.71 bits per heavy atom. The van der Waals surface area contributed by atoms with Crippen molar-refractivity contribution >= 4 is 17.3 Å². The summed E-state index contributed by atoms with van der Waals surface area (Å²) in [5.74, 6) is 0. The summed E-state index contributed by atoms with van der Waals surface area (Å²) in [7, 11) is 0. The molecule has 0 aliphatic rings. The Morgan fingerprint density at radius 2 is 2.12 bits per heavy atom. The van der Waals surface area contributed by atoms with Crippen LogP contribution in [0.1, 0.15) is 5.56 Å². The molecule has 2 aromatic rings. The second kappa shape index (κ2) is 4.47. The van der Waals surface area contributed by atoms with Crippen molar-refractivity contribution in [3.05, 3.63) is 51.4 Å². The molecule has 86 valence electrons. The van der Waals surface area contributed by atoms with Gasteiger partial charge in [0.2, 0.25) is 5.15 Å². The van der Waals surface area contributed by atoms with Crippen LogP contribution in [-0.4, -0.2) is 14.9 Å². The fourth-order valence-electron chi connectivity index (χ4n) is 1.47. The summed E-state index contributed by atoms with van der Waals surface area (Å²) in [6, 6.07) is 4.72. The van der Waals surface area contributed by atoms with Crippen molar-refractivity contribution in [1.29, 1.82) is 0 Å². The van der Waals surface area contributed by atoms with E-state index in [-0.39, 0.29) is 10.8 Å². The van der Waals surface area contributed by atoms with E-state index in [0.29, 0.717) is 5.69 Å². The minimum atomic E-state index is -0.557. The maximum absolute atomic E-state index is 10.6. The average molecular weight is 250 g/mol. The van der Waals surface area contributed by atoms with E-state index in [2.05, 4.69) is 9.97 Å². The van der Waals surface area contributed by atoms with Gasteiger partial charge in [0.1, 0.15) is 0 Å². The Labute approximate surface area is 102 Å². The summed E-state index contributed by atoms with van der Waals surface area (Å²) < 4.78 is 0. The third-order valence-corrected chi connectivity index (χ3v) is 2.60. The highest BCUT2D eigenvalue weighted by Gasteiger charge is 2.14. The molecule has 2 aromatic heterocycles. The number of hydrogen-bond acceptors (Lipinski definition) is 4. The maximum Gasteiger partial charge on any atom is 0.306 e. The van der Waals surface area contributed by atoms with E-state index in [1.54, 1.807) is 24.5 Å². The van der Waals surface area contributed by atoms with E-state index in [1.165, 1.54) is 6.07 Å². The molecule has 0 unspecified atom stereocenters. The van der Waals surface area contributed by atoms with Gasteiger partial charge in [-0.2, -0.15) is 0 Å². The van der Waals surface area contributed by atoms with Gasteiger partial charge in [0, 0.05) is 24.0 Å². The van der Waals surface area contributed by atoms with Gasteiger partial charge in [-0.05, 0) is 24.6 Å². The first-order chi connectivity index (χ1) is 8.09. The second-order valence-electron chi connectivity index (χ2n) is 3.45. The van der Waals surface area contributed by atoms with Crippen LogP contribution in [0.15, 0.2) is 30.6 Å². The first kappa shape index (κ1) is 11.5. The van der Waals surface area contributed by atoms with Crippen molar-refractivity contribution in [2.75, 3.05) is 0 Å². The number of rotatable bonds is 2. The topological polar surface area (TPSA) is 68.9 Å². The van der Waals surface area contributed by atoms with E-state index < -0.39 is 4.92 Å². The van der Waals surface area contributed by atoms with Gasteiger partial charge in [-0.3, -0.25) is 15.1 Å². The zero-order valence-corrected chi connectivity index (χ0v) is 9.68. The van der Waals surface area contributed by atoms with Gasteiger partial charge in [0.25, 0.3) is 0 Å². The van der Waals surface area contributed by atoms with Crippen LogP contribution < -0.4 is 0 Å². The van der Waals surface area contributed by atoms with Crippen molar-refractivity contribution < 1.29 is 4.92 Å². The van der Waals surface area contributed by atoms with Crippen LogP contribution in [0.4, 0.5) is 5.69 Å². The van der Waals surface area contributed by atoms with Crippen LogP contribution in [0.5, 0.6) is 0 Å². The molecule has 0 aliphatic heterocycles. The van der Waals surface area contributed by atoms with E-state index in [1.807, 2.05) is 6.92 Å². The van der Waals surface area contributed by atoms with Gasteiger partial charge in [0.05, 0.1) is 10.6 Å². The highest BCUT2D eigenvalue weighted by atomic mass is 35.5. The van der Waals surface area contributed by atoms with Crippen LogP contribution in [0.2, 0.25) is 5.15 Å². The van der Waals surface area contributed by atoms with E-state index in [9.17, 15) is 10.1 Å². The normalized spacial score (nSPS) is 10.2. The molecule has 0 aliphatic carbocycles. The van der Waals surface area contributed by atoms with Crippen LogP contribution in [0.25, 0.3) is 11.3 Å². The summed E-state index contributed by atoms with van der Waals surface area (Å²) in [4.78, 5) is 18.0. The highest BCUT2D eigenvalue weighted by molar-refractivity contribution is 6.31. The molecule has 6 heteroatoms. The van der Waals surface area contributed by atoms with Crippen LogP contribution in [-0.2, 0) is 0 Å². The minimum absolute atomic E-state index is 0.108. The van der Waals surface area contributed by atoms with Crippen molar-refractivity contribution in [2.45, 2.75) is 6.92 Å². The quantitative estimate of drug-likeness (QED) is 0.466. The molecule has 0 fully saturated rings. The zero-order chi connectivity index (χ0) is 12.4. The number of nitro groups is 1. The number of pyridine rings is 2. The maximum atomic E-state index is 10.6. The molecule has 5 nitrogen and oxygen atoms in total. The standard InChI is InChI=1S/C11H8ClN3O2/c1-7-6-13-5-4-8(7)9-2-3-10(15(16)17)11(12)14-9/h2-6H,1H3. The third kappa shape index (κ3) is 2.24. The molecule has 0 radical (unpaired) electrons. The van der Waals surface area contributed by atoms with Gasteiger partial charge < -0.3 is 0 Å². The fraction of sp³-hybridized carbons (Fsp3) is 0.0909. The predicted molar refractivity (Wildman–Crippen MR) is 63.9 cm³/mol. The van der Waals surface area contributed by atoms with Gasteiger partial charge in [-0.25, -0.2) is 4.98 Å². The second-order valence-corrected chi connectivity index (χ2v) is 3.81. The first-order valence-corrected chi connectivity index (χ1v) is 5.19. The van der Waals surface area contributed by atoms with Crippen molar-refractivity contribution in [2.24, 2.45) is 0 Å². The smallest absolute Gasteiger partial charge is 0.264 e. The van der Waals surface area contributed by atoms with Crippen molar-refractivity contribution in [3.63, 3.8) is 0 Å². The van der Waals surface area contributed by atoms with Gasteiger partial charge >= 0.3 is 5.69 Å². The monoisotopic (exact) mass is 249 g/mol. The van der Waals surface area contributed by atoms with Crippen molar-refractivity contribution in [1.82, 2.24) is 9.97 Å². The molecular formula is C11H8ClN3O2. The summed E-state index contributed by atoms with van der Waals surface area (Å²) in [6.07, 6.45) is 3.34. The number of aryl methyl sites for hydroxylation is 1. The SMILES string of the molecule is Cc1cnccc1-c1ccc([N+](=O)[O-])c(Cl)n1. The lowest BCUT2D eigenvalue weighted by Crippen LogP contribution is -1.94. The average Bonchev–Trinajstić information content (AvgIpc) is 2.29. The van der Waals surface area contributed by atoms with Gasteiger partial charge in [-0.15, -0.1) is 0 Å². The Balaban J connectivity index is 2.52. The molecule has 0 saturated carbocycles. The molecule has 0 saturated heterocycles. The largest absolute Gasteiger partial charge is 0.306 e. The fourth-order valence-corrected chi connectivity index (χ4v) is 1.70. The molecule has 0 spiro atoms. The number of nitrogens with zero attached hydrogens (tertiary/aromatic N) is 3. The Morgan fingerprint density at radius 1 is 1.35 bits per heavy atom. The van der Waals surface area contributed by atoms with Crippen molar-refractivity contribution in [3.8, 4) is 11.3 Å². The van der Waals surface area contributed by atoms with E-state index in [0.717, 1.165) is 11.1 Å². The Bertz CT molecular complexity index is 587. The summed E-state index contributed by atoms with van der Waals surface area (Å²) >= 11 is 5.76. The lowest BCUT2D eigenvalue weighted by atomic mass is 10.1. The summed E-state index contributed by atoms with van der Waals surface area (Å²) in [6.45, 7) is 1.89. The van der Waals surface area contributed by atoms with Gasteiger partial charge in [0.15, 0.2) is 0 Å². The number of halogens is 1. The Hall–Kier alpha value is -2.01. The molecule has 0 amide bonds. The number of aromatic nitrogens is 2. The third-order valence-electron chi connectivity index (χ3n) is 2.32. The predicted octanol–water partition coefficient (Wildman–Crippen LogP) is 3.01. The molecule has 2 rings (SSSR count). The van der Waals surface area contributed by atoms with Crippen LogP contribution in [0, 0.1) is 17.0 Å². The lowest BCUT2D eigenvalue weighted by Gasteiger charge is -2.04. The molecular weight excluding hydrogens is 242 g/mol. The molecule has 2 heterocycles.